The molecule has 4 aliphatic rings. The number of carbonyl (C=O) groups is 2. The standard InChI is InChI=1S/C21H28O4/c1-3-19(23)25-18-7-6-16-15-5-4-13-12-14(22)8-11-21(13,24)17(15)9-10-20(16,18)2/h8,11-12,15-18,24H,3-7,9-10H2,1-2H3/t15-,16-,17-,18-,20-,21+/m0/s1. The number of hydrogen-bond donors (Lipinski definition) is 1. The third kappa shape index (κ3) is 2.44. The van der Waals surface area contributed by atoms with Crippen LogP contribution in [0.2, 0.25) is 0 Å². The van der Waals surface area contributed by atoms with Crippen molar-refractivity contribution in [1.82, 2.24) is 0 Å². The summed E-state index contributed by atoms with van der Waals surface area (Å²) in [5.41, 5.74) is -0.0227. The van der Waals surface area contributed by atoms with Crippen LogP contribution < -0.4 is 0 Å². The van der Waals surface area contributed by atoms with Crippen LogP contribution in [0.1, 0.15) is 58.8 Å². The van der Waals surface area contributed by atoms with Crippen LogP contribution in [0.25, 0.3) is 0 Å². The Kier molecular flexibility index (Phi) is 3.95. The lowest BCUT2D eigenvalue weighted by molar-refractivity contribution is -0.160. The highest BCUT2D eigenvalue weighted by Crippen LogP contribution is 2.62. The van der Waals surface area contributed by atoms with Gasteiger partial charge in [0.15, 0.2) is 5.78 Å². The minimum Gasteiger partial charge on any atom is -0.462 e. The van der Waals surface area contributed by atoms with Crippen molar-refractivity contribution in [3.63, 3.8) is 0 Å². The van der Waals surface area contributed by atoms with E-state index in [4.69, 9.17) is 4.74 Å². The van der Waals surface area contributed by atoms with E-state index in [1.807, 2.05) is 6.92 Å². The van der Waals surface area contributed by atoms with Crippen molar-refractivity contribution in [3.05, 3.63) is 23.8 Å². The number of esters is 1. The minimum absolute atomic E-state index is 0.00817. The maximum absolute atomic E-state index is 11.8. The van der Waals surface area contributed by atoms with Gasteiger partial charge in [-0.2, -0.15) is 0 Å². The van der Waals surface area contributed by atoms with Crippen LogP contribution in [0.3, 0.4) is 0 Å². The number of ketones is 1. The Morgan fingerprint density at radius 3 is 2.84 bits per heavy atom. The Morgan fingerprint density at radius 2 is 2.08 bits per heavy atom. The van der Waals surface area contributed by atoms with E-state index in [1.165, 1.54) is 6.08 Å². The van der Waals surface area contributed by atoms with E-state index in [9.17, 15) is 14.7 Å². The molecule has 4 rings (SSSR count). The van der Waals surface area contributed by atoms with Gasteiger partial charge in [0.1, 0.15) is 11.7 Å². The van der Waals surface area contributed by atoms with Crippen molar-refractivity contribution in [2.45, 2.75) is 70.5 Å². The van der Waals surface area contributed by atoms with Crippen molar-refractivity contribution in [2.75, 3.05) is 0 Å². The predicted octanol–water partition coefficient (Wildman–Crippen LogP) is 3.34. The van der Waals surface area contributed by atoms with Gasteiger partial charge in [-0.1, -0.05) is 13.8 Å². The number of aliphatic hydroxyl groups is 1. The van der Waals surface area contributed by atoms with Gasteiger partial charge in [-0.25, -0.2) is 0 Å². The average molecular weight is 344 g/mol. The number of allylic oxidation sites excluding steroid dienone is 2. The lowest BCUT2D eigenvalue weighted by Gasteiger charge is -2.55. The maximum atomic E-state index is 11.8. The van der Waals surface area contributed by atoms with Gasteiger partial charge in [0, 0.05) is 11.8 Å². The molecule has 0 aliphatic heterocycles. The fraction of sp³-hybridized carbons (Fsp3) is 0.714. The minimum atomic E-state index is -0.948. The predicted molar refractivity (Wildman–Crippen MR) is 93.6 cm³/mol. The molecule has 0 heterocycles. The molecule has 1 N–H and O–H groups in total. The van der Waals surface area contributed by atoms with Gasteiger partial charge >= 0.3 is 5.97 Å². The molecule has 3 fully saturated rings. The number of hydrogen-bond acceptors (Lipinski definition) is 4. The van der Waals surface area contributed by atoms with Gasteiger partial charge in [-0.05, 0) is 80.1 Å². The number of carbonyl (C=O) groups excluding carboxylic acids is 2. The zero-order chi connectivity index (χ0) is 17.8. The first-order chi connectivity index (χ1) is 11.9. The van der Waals surface area contributed by atoms with Crippen LogP contribution >= 0.6 is 0 Å². The molecule has 3 saturated carbocycles. The molecule has 4 heteroatoms. The summed E-state index contributed by atoms with van der Waals surface area (Å²) in [6.07, 6.45) is 11.1. The summed E-state index contributed by atoms with van der Waals surface area (Å²) in [7, 11) is 0. The lowest BCUT2D eigenvalue weighted by Crippen LogP contribution is -2.54. The van der Waals surface area contributed by atoms with Crippen molar-refractivity contribution in [1.29, 1.82) is 0 Å². The third-order valence-corrected chi connectivity index (χ3v) is 7.56. The van der Waals surface area contributed by atoms with E-state index < -0.39 is 5.60 Å². The Balaban J connectivity index is 1.60. The SMILES string of the molecule is CCC(=O)O[C@H]1CC[C@H]2[C@@H]3CCC4=CC(=O)C=C[C@]4(O)[C@H]3CC[C@]12C. The molecular weight excluding hydrogens is 316 g/mol. The van der Waals surface area contributed by atoms with E-state index in [0.29, 0.717) is 18.3 Å². The summed E-state index contributed by atoms with van der Waals surface area (Å²) in [6.45, 7) is 4.12. The summed E-state index contributed by atoms with van der Waals surface area (Å²) in [4.78, 5) is 23.5. The molecule has 4 aliphatic carbocycles. The first-order valence-corrected chi connectivity index (χ1v) is 9.74. The summed E-state index contributed by atoms with van der Waals surface area (Å²) in [5, 5.41) is 11.4. The van der Waals surface area contributed by atoms with Crippen LogP contribution in [0, 0.1) is 23.2 Å². The molecule has 0 unspecified atom stereocenters. The van der Waals surface area contributed by atoms with Gasteiger partial charge in [-0.3, -0.25) is 9.59 Å². The Hall–Kier alpha value is -1.42. The summed E-state index contributed by atoms with van der Waals surface area (Å²) < 4.78 is 5.79. The molecule has 136 valence electrons. The summed E-state index contributed by atoms with van der Waals surface area (Å²) in [6, 6.07) is 0. The summed E-state index contributed by atoms with van der Waals surface area (Å²) >= 11 is 0. The molecule has 6 atom stereocenters. The van der Waals surface area contributed by atoms with Gasteiger partial charge in [0.2, 0.25) is 0 Å². The third-order valence-electron chi connectivity index (χ3n) is 7.56. The second-order valence-corrected chi connectivity index (χ2v) is 8.60. The Morgan fingerprint density at radius 1 is 1.28 bits per heavy atom. The summed E-state index contributed by atoms with van der Waals surface area (Å²) in [5.74, 6) is 0.985. The zero-order valence-electron chi connectivity index (χ0n) is 15.2. The molecule has 0 aromatic carbocycles. The van der Waals surface area contributed by atoms with Crippen LogP contribution in [-0.2, 0) is 14.3 Å². The highest BCUT2D eigenvalue weighted by Gasteiger charge is 2.60. The topological polar surface area (TPSA) is 63.6 Å². The van der Waals surface area contributed by atoms with E-state index >= 15 is 0 Å². The van der Waals surface area contributed by atoms with E-state index in [0.717, 1.165) is 44.1 Å². The molecule has 0 aromatic rings. The van der Waals surface area contributed by atoms with Gasteiger partial charge < -0.3 is 9.84 Å². The zero-order valence-corrected chi connectivity index (χ0v) is 15.2. The van der Waals surface area contributed by atoms with Gasteiger partial charge in [-0.15, -0.1) is 0 Å². The second kappa shape index (κ2) is 5.80. The molecular formula is C21H28O4. The highest BCUT2D eigenvalue weighted by molar-refractivity contribution is 6.01. The van der Waals surface area contributed by atoms with Crippen LogP contribution in [0.15, 0.2) is 23.8 Å². The smallest absolute Gasteiger partial charge is 0.305 e. The second-order valence-electron chi connectivity index (χ2n) is 8.60. The molecule has 0 aromatic heterocycles. The van der Waals surface area contributed by atoms with Crippen molar-refractivity contribution in [3.8, 4) is 0 Å². The van der Waals surface area contributed by atoms with E-state index in [-0.39, 0.29) is 29.2 Å². The van der Waals surface area contributed by atoms with Crippen LogP contribution in [-0.4, -0.2) is 28.6 Å². The number of ether oxygens (including phenoxy) is 1. The highest BCUT2D eigenvalue weighted by atomic mass is 16.5. The first-order valence-electron chi connectivity index (χ1n) is 9.74. The molecule has 0 saturated heterocycles. The van der Waals surface area contributed by atoms with Gasteiger partial charge in [0.05, 0.1) is 0 Å². The van der Waals surface area contributed by atoms with E-state index in [1.54, 1.807) is 12.2 Å². The van der Waals surface area contributed by atoms with Crippen LogP contribution in [0.5, 0.6) is 0 Å². The molecule has 0 amide bonds. The normalized spacial score (nSPS) is 45.2. The first kappa shape index (κ1) is 17.0. The molecule has 0 radical (unpaired) electrons. The Bertz CT molecular complexity index is 663. The molecule has 0 bridgehead atoms. The van der Waals surface area contributed by atoms with Crippen molar-refractivity contribution >= 4 is 11.8 Å². The van der Waals surface area contributed by atoms with Gasteiger partial charge in [0.25, 0.3) is 0 Å². The molecule has 0 spiro atoms. The fourth-order valence-corrected chi connectivity index (χ4v) is 6.23. The monoisotopic (exact) mass is 344 g/mol. The van der Waals surface area contributed by atoms with Crippen LogP contribution in [0.4, 0.5) is 0 Å². The average Bonchev–Trinajstić information content (AvgIpc) is 2.92. The quantitative estimate of drug-likeness (QED) is 0.781. The van der Waals surface area contributed by atoms with E-state index in [2.05, 4.69) is 6.92 Å². The molecule has 25 heavy (non-hydrogen) atoms. The molecule has 4 nitrogen and oxygen atoms in total. The lowest BCUT2D eigenvalue weighted by atomic mass is 9.51. The Labute approximate surface area is 149 Å². The number of rotatable bonds is 2. The maximum Gasteiger partial charge on any atom is 0.305 e. The largest absolute Gasteiger partial charge is 0.462 e. The van der Waals surface area contributed by atoms with Crippen molar-refractivity contribution < 1.29 is 19.4 Å². The van der Waals surface area contributed by atoms with Crippen molar-refractivity contribution in [2.24, 2.45) is 23.2 Å². The number of fused-ring (bicyclic) bond motifs is 5. The fourth-order valence-electron chi connectivity index (χ4n) is 6.23.